The summed E-state index contributed by atoms with van der Waals surface area (Å²) in [6, 6.07) is 42.6. The van der Waals surface area contributed by atoms with Crippen LogP contribution in [0.15, 0.2) is 133 Å². The van der Waals surface area contributed by atoms with Gasteiger partial charge in [-0.15, -0.1) is 6.58 Å². The Labute approximate surface area is 223 Å². The van der Waals surface area contributed by atoms with Gasteiger partial charge < -0.3 is 9.31 Å². The van der Waals surface area contributed by atoms with E-state index < -0.39 is 15.2 Å². The highest BCUT2D eigenvalue weighted by atomic mass is 28.3. The summed E-state index contributed by atoms with van der Waals surface area (Å²) in [5.74, 6) is 0. The van der Waals surface area contributed by atoms with Crippen LogP contribution in [0, 0.1) is 0 Å². The lowest BCUT2D eigenvalue weighted by Gasteiger charge is -2.35. The Morgan fingerprint density at radius 1 is 0.703 bits per heavy atom. The van der Waals surface area contributed by atoms with Gasteiger partial charge in [-0.1, -0.05) is 140 Å². The fraction of sp³-hybridized carbons (Fsp3) is 0.212. The van der Waals surface area contributed by atoms with Crippen molar-refractivity contribution < 1.29 is 9.31 Å². The van der Waals surface area contributed by atoms with E-state index in [0.717, 1.165) is 29.4 Å². The van der Waals surface area contributed by atoms with Crippen molar-refractivity contribution in [2.45, 2.75) is 43.7 Å². The number of aryl methyl sites for hydroxylation is 1. The number of rotatable bonds is 9. The Hall–Kier alpha value is -3.18. The topological polar surface area (TPSA) is 18.5 Å². The molecule has 4 aromatic rings. The summed E-state index contributed by atoms with van der Waals surface area (Å²) in [5, 5.41) is 1.44. The molecule has 0 bridgehead atoms. The van der Waals surface area contributed by atoms with Crippen LogP contribution in [0.1, 0.15) is 35.3 Å². The van der Waals surface area contributed by atoms with Gasteiger partial charge in [0.1, 0.15) is 0 Å². The molecule has 1 saturated heterocycles. The Bertz CT molecular complexity index is 1230. The molecule has 1 fully saturated rings. The van der Waals surface area contributed by atoms with Gasteiger partial charge in [-0.05, 0) is 40.5 Å². The van der Waals surface area contributed by atoms with Crippen molar-refractivity contribution in [2.24, 2.45) is 0 Å². The van der Waals surface area contributed by atoms with E-state index in [9.17, 15) is 0 Å². The van der Waals surface area contributed by atoms with Gasteiger partial charge in [0.25, 0.3) is 0 Å². The quantitative estimate of drug-likeness (QED) is 0.218. The lowest BCUT2D eigenvalue weighted by atomic mass is 9.76. The zero-order valence-corrected chi connectivity index (χ0v) is 22.8. The van der Waals surface area contributed by atoms with Crippen molar-refractivity contribution in [3.05, 3.63) is 150 Å². The summed E-state index contributed by atoms with van der Waals surface area (Å²) < 4.78 is 13.5. The monoisotopic (exact) mass is 502 g/mol. The first kappa shape index (κ1) is 25.5. The van der Waals surface area contributed by atoms with Gasteiger partial charge >= 0.3 is 7.12 Å². The average Bonchev–Trinajstić information content (AvgIpc) is 3.41. The minimum absolute atomic E-state index is 0.179. The Morgan fingerprint density at radius 2 is 1.14 bits per heavy atom. The summed E-state index contributed by atoms with van der Waals surface area (Å²) >= 11 is 0. The third kappa shape index (κ3) is 5.72. The third-order valence-electron chi connectivity index (χ3n) is 7.78. The highest BCUT2D eigenvalue weighted by Gasteiger charge is 2.47. The number of hydrogen-bond acceptors (Lipinski definition) is 2. The molecule has 4 aromatic carbocycles. The molecular weight excluding hydrogens is 467 g/mol. The standard InChI is InChI=1S/C33H35BO2Si/c1-26(31(25-24-27-16-8-4-9-17-27)37(2,3)30-22-14-7-15-23-30)34-35-32(28-18-10-5-11-19-28)33(36-34)29-20-12-6-13-21-29/h4-23,31-33H,1,24-25H2,2-3H3/t31?,32-,33-/m0/s1. The lowest BCUT2D eigenvalue weighted by molar-refractivity contribution is 0.159. The molecule has 1 aliphatic heterocycles. The SMILES string of the molecule is C=C(B1O[C@@H](c2ccccc2)[C@H](c2ccccc2)O1)C(CCc1ccccc1)[Si](C)(C)c1ccccc1. The van der Waals surface area contributed by atoms with Crippen LogP contribution in [-0.4, -0.2) is 15.2 Å². The van der Waals surface area contributed by atoms with Crippen molar-refractivity contribution >= 4 is 20.4 Å². The maximum Gasteiger partial charge on any atom is 0.490 e. The van der Waals surface area contributed by atoms with Crippen LogP contribution in [0.5, 0.6) is 0 Å². The van der Waals surface area contributed by atoms with Crippen molar-refractivity contribution in [3.63, 3.8) is 0 Å². The fourth-order valence-electron chi connectivity index (χ4n) is 5.61. The van der Waals surface area contributed by atoms with E-state index in [0.29, 0.717) is 5.54 Å². The van der Waals surface area contributed by atoms with Crippen molar-refractivity contribution in [1.29, 1.82) is 0 Å². The molecule has 2 nitrogen and oxygen atoms in total. The van der Waals surface area contributed by atoms with E-state index in [-0.39, 0.29) is 12.2 Å². The second kappa shape index (κ2) is 11.5. The Morgan fingerprint density at radius 3 is 1.62 bits per heavy atom. The smallest absolute Gasteiger partial charge is 0.397 e. The molecule has 0 aliphatic carbocycles. The molecule has 5 rings (SSSR count). The molecule has 0 radical (unpaired) electrons. The molecule has 1 unspecified atom stereocenters. The minimum Gasteiger partial charge on any atom is -0.397 e. The van der Waals surface area contributed by atoms with Gasteiger partial charge in [0, 0.05) is 0 Å². The van der Waals surface area contributed by atoms with Gasteiger partial charge in [-0.2, -0.15) is 0 Å². The molecule has 0 spiro atoms. The first-order valence-electron chi connectivity index (χ1n) is 13.2. The first-order valence-corrected chi connectivity index (χ1v) is 16.3. The van der Waals surface area contributed by atoms with Crippen LogP contribution in [0.3, 0.4) is 0 Å². The molecule has 0 N–H and O–H groups in total. The van der Waals surface area contributed by atoms with Gasteiger partial charge in [0.05, 0.1) is 20.3 Å². The molecule has 0 saturated carbocycles. The molecule has 4 heteroatoms. The van der Waals surface area contributed by atoms with Crippen LogP contribution >= 0.6 is 0 Å². The molecular formula is C33H35BO2Si. The maximum atomic E-state index is 6.74. The molecule has 37 heavy (non-hydrogen) atoms. The maximum absolute atomic E-state index is 6.74. The van der Waals surface area contributed by atoms with Gasteiger partial charge in [-0.25, -0.2) is 0 Å². The van der Waals surface area contributed by atoms with Crippen LogP contribution < -0.4 is 5.19 Å². The second-order valence-corrected chi connectivity index (χ2v) is 15.2. The Kier molecular flexibility index (Phi) is 7.90. The van der Waals surface area contributed by atoms with E-state index in [4.69, 9.17) is 9.31 Å². The summed E-state index contributed by atoms with van der Waals surface area (Å²) in [7, 11) is -2.41. The van der Waals surface area contributed by atoms with E-state index in [1.54, 1.807) is 0 Å². The predicted octanol–water partition coefficient (Wildman–Crippen LogP) is 7.72. The molecule has 1 heterocycles. The minimum atomic E-state index is -1.96. The predicted molar refractivity (Wildman–Crippen MR) is 158 cm³/mol. The summed E-state index contributed by atoms with van der Waals surface area (Å²) in [6.45, 7) is 9.60. The summed E-state index contributed by atoms with van der Waals surface area (Å²) in [6.07, 6.45) is 1.67. The molecule has 3 atom stereocenters. The fourth-order valence-corrected chi connectivity index (χ4v) is 8.99. The van der Waals surface area contributed by atoms with Crippen LogP contribution in [0.2, 0.25) is 18.6 Å². The average molecular weight is 503 g/mol. The number of hydrogen-bond donors (Lipinski definition) is 0. The van der Waals surface area contributed by atoms with Crippen LogP contribution in [0.25, 0.3) is 0 Å². The normalized spacial score (nSPS) is 18.5. The molecule has 0 aromatic heterocycles. The zero-order valence-electron chi connectivity index (χ0n) is 21.8. The largest absolute Gasteiger partial charge is 0.490 e. The summed E-state index contributed by atoms with van der Waals surface area (Å²) in [4.78, 5) is 0. The lowest BCUT2D eigenvalue weighted by Crippen LogP contribution is -2.48. The van der Waals surface area contributed by atoms with Crippen molar-refractivity contribution in [1.82, 2.24) is 0 Å². The third-order valence-corrected chi connectivity index (χ3v) is 12.0. The van der Waals surface area contributed by atoms with E-state index >= 15 is 0 Å². The van der Waals surface area contributed by atoms with Gasteiger partial charge in [0.2, 0.25) is 0 Å². The van der Waals surface area contributed by atoms with E-state index in [1.165, 1.54) is 10.8 Å². The number of allylic oxidation sites excluding steroid dienone is 1. The van der Waals surface area contributed by atoms with E-state index in [1.807, 2.05) is 12.1 Å². The van der Waals surface area contributed by atoms with Crippen LogP contribution in [0.4, 0.5) is 0 Å². The second-order valence-electron chi connectivity index (χ2n) is 10.5. The Balaban J connectivity index is 1.46. The highest BCUT2D eigenvalue weighted by molar-refractivity contribution is 6.92. The van der Waals surface area contributed by atoms with Gasteiger partial charge in [-0.3, -0.25) is 0 Å². The molecule has 1 aliphatic rings. The first-order chi connectivity index (χ1) is 18.0. The van der Waals surface area contributed by atoms with E-state index in [2.05, 4.69) is 129 Å². The number of benzene rings is 4. The zero-order chi connectivity index (χ0) is 25.7. The summed E-state index contributed by atoms with van der Waals surface area (Å²) in [5.41, 5.74) is 4.98. The molecule has 186 valence electrons. The van der Waals surface area contributed by atoms with Gasteiger partial charge in [0.15, 0.2) is 0 Å². The van der Waals surface area contributed by atoms with Crippen molar-refractivity contribution in [3.8, 4) is 0 Å². The molecule has 0 amide bonds. The van der Waals surface area contributed by atoms with Crippen molar-refractivity contribution in [2.75, 3.05) is 0 Å². The highest BCUT2D eigenvalue weighted by Crippen LogP contribution is 2.46. The van der Waals surface area contributed by atoms with Crippen LogP contribution in [-0.2, 0) is 15.7 Å².